The second-order valence-corrected chi connectivity index (χ2v) is 26.8. The average Bonchev–Trinajstić information content (AvgIpc) is 0.792. The number of hydrogen-bond acceptors (Lipinski definition) is 12. The minimum absolute atomic E-state index is 0.0888. The lowest BCUT2D eigenvalue weighted by atomic mass is 9.89. The van der Waals surface area contributed by atoms with Gasteiger partial charge in [-0.3, -0.25) is 4.79 Å². The summed E-state index contributed by atoms with van der Waals surface area (Å²) in [5.74, 6) is 1.23. The van der Waals surface area contributed by atoms with Crippen LogP contribution in [0.4, 0.5) is 0 Å². The fraction of sp³-hybridized carbons (Fsp3) is 0.506. The van der Waals surface area contributed by atoms with Crippen molar-refractivity contribution in [1.82, 2.24) is 0 Å². The maximum atomic E-state index is 15.1. The predicted octanol–water partition coefficient (Wildman–Crippen LogP) is 20.3. The third-order valence-electron chi connectivity index (χ3n) is 18.8. The zero-order valence-electron chi connectivity index (χ0n) is 59.9. The van der Waals surface area contributed by atoms with E-state index in [-0.39, 0.29) is 45.2 Å². The molecule has 0 aliphatic carbocycles. The summed E-state index contributed by atoms with van der Waals surface area (Å²) in [6.07, 6.45) is 19.9. The first-order chi connectivity index (χ1) is 48.9. The molecule has 7 aromatic rings. The zero-order valence-corrected chi connectivity index (χ0v) is 59.9. The van der Waals surface area contributed by atoms with Crippen LogP contribution in [0.2, 0.25) is 0 Å². The fourth-order valence-corrected chi connectivity index (χ4v) is 13.0. The third-order valence-corrected chi connectivity index (χ3v) is 18.8. The first kappa shape index (κ1) is 78.2. The summed E-state index contributed by atoms with van der Waals surface area (Å²) in [5, 5.41) is 0. The highest BCUT2D eigenvalue weighted by molar-refractivity contribution is 5.78. The summed E-state index contributed by atoms with van der Waals surface area (Å²) in [4.78, 5) is 15.1. The van der Waals surface area contributed by atoms with Gasteiger partial charge in [-0.25, -0.2) is 0 Å². The van der Waals surface area contributed by atoms with Crippen LogP contribution in [0.3, 0.4) is 0 Å². The van der Waals surface area contributed by atoms with E-state index in [1.807, 2.05) is 115 Å². The minimum atomic E-state index is -1.01. The van der Waals surface area contributed by atoms with Crippen molar-refractivity contribution in [3.05, 3.63) is 239 Å². The summed E-state index contributed by atoms with van der Waals surface area (Å²) in [6.45, 7) is 5.79. The van der Waals surface area contributed by atoms with E-state index in [1.54, 1.807) is 14.2 Å². The van der Waals surface area contributed by atoms with Crippen molar-refractivity contribution in [1.29, 1.82) is 0 Å². The molecule has 99 heavy (non-hydrogen) atoms. The number of ether oxygens (including phenoxy) is 11. The van der Waals surface area contributed by atoms with Gasteiger partial charge in [-0.05, 0) is 82.5 Å². The van der Waals surface area contributed by atoms with Crippen LogP contribution in [-0.4, -0.2) is 82.7 Å². The molecule has 0 amide bonds. The lowest BCUT2D eigenvalue weighted by Gasteiger charge is -2.46. The molecular weight excluding hydrogens is 1240 g/mol. The molecule has 0 saturated carbocycles. The van der Waals surface area contributed by atoms with E-state index in [9.17, 15) is 0 Å². The number of ketones is 1. The van der Waals surface area contributed by atoms with Crippen molar-refractivity contribution < 1.29 is 56.9 Å². The smallest absolute Gasteiger partial charge is 0.186 e. The highest BCUT2D eigenvalue weighted by Crippen LogP contribution is 2.35. The van der Waals surface area contributed by atoms with Crippen molar-refractivity contribution in [2.45, 2.75) is 244 Å². The van der Waals surface area contributed by atoms with Gasteiger partial charge < -0.3 is 52.1 Å². The van der Waals surface area contributed by atoms with Gasteiger partial charge in [0, 0.05) is 25.4 Å². The topological polar surface area (TPSA) is 119 Å². The molecule has 0 bridgehead atoms. The first-order valence-corrected chi connectivity index (χ1v) is 37.4. The minimum Gasteiger partial charge on any atom is -0.497 e. The molecule has 8 atom stereocenters. The standard InChI is InChI=1S/C87H116O12/c1-4-5-6-7-8-9-10-11-12-16-19-37-50-81(93-63-75-51-55-79(89-2)56-52-75)83(94-67-76-53-57-80(90-3)58-54-76)77(60-78(88)49-36-18-15-13-14-17-20-38-59-91-61-70-39-26-21-27-40-70)68-98-87-86(97-66-74-47-34-25-35-48-74)85(96-65-73-45-32-24-33-46-73)84(95-64-72-43-30-23-31-44-72)82(99-87)69-92-62-71-41-28-22-29-42-71/h21-35,39-48,51-58,77,81-87H,4-20,36-38,49-50,59-69H2,1-3H3/t77-,81+,82?,83-,84-,85-,86+,87-/m0/s1. The van der Waals surface area contributed by atoms with Crippen LogP contribution in [0.25, 0.3) is 0 Å². The van der Waals surface area contributed by atoms with E-state index in [4.69, 9.17) is 52.1 Å². The van der Waals surface area contributed by atoms with Gasteiger partial charge in [0.05, 0.1) is 85.9 Å². The van der Waals surface area contributed by atoms with E-state index in [2.05, 4.69) is 91.9 Å². The number of Topliss-reactive ketones (excluding diaryl/α,β-unsaturated/α-hetero) is 1. The quantitative estimate of drug-likeness (QED) is 0.0338. The summed E-state index contributed by atoms with van der Waals surface area (Å²) < 4.78 is 74.5. The molecule has 1 saturated heterocycles. The molecule has 12 nitrogen and oxygen atoms in total. The van der Waals surface area contributed by atoms with Gasteiger partial charge in [0.25, 0.3) is 0 Å². The highest BCUT2D eigenvalue weighted by atomic mass is 16.7. The molecule has 0 radical (unpaired) electrons. The van der Waals surface area contributed by atoms with Crippen molar-refractivity contribution in [3.63, 3.8) is 0 Å². The van der Waals surface area contributed by atoms with Gasteiger partial charge in [0.2, 0.25) is 0 Å². The van der Waals surface area contributed by atoms with Crippen LogP contribution in [0, 0.1) is 5.92 Å². The number of carbonyl (C=O) groups excluding carboxylic acids is 1. The van der Waals surface area contributed by atoms with Crippen LogP contribution in [0.5, 0.6) is 11.5 Å². The second kappa shape index (κ2) is 48.3. The van der Waals surface area contributed by atoms with Gasteiger partial charge in [0.15, 0.2) is 6.29 Å². The molecule has 1 unspecified atom stereocenters. The third kappa shape index (κ3) is 30.7. The number of methoxy groups -OCH3 is 2. The van der Waals surface area contributed by atoms with Crippen molar-refractivity contribution >= 4 is 5.78 Å². The van der Waals surface area contributed by atoms with Crippen molar-refractivity contribution in [2.24, 2.45) is 5.92 Å². The number of rotatable bonds is 54. The summed E-state index contributed by atoms with van der Waals surface area (Å²) in [6, 6.07) is 67.2. The SMILES string of the molecule is CCCCCCCCCCCCCC[C@@H](OCc1ccc(OC)cc1)[C@@H](OCc1ccc(OC)cc1)[C@H](CO[C@H]1OC(COCc2ccccc2)[C@H](OCc2ccccc2)[C@H](OCc2ccccc2)[C@H]1OCc1ccccc1)CC(=O)CCCCCCCCCCOCc1ccccc1. The molecule has 1 heterocycles. The van der Waals surface area contributed by atoms with Gasteiger partial charge >= 0.3 is 0 Å². The molecule has 8 rings (SSSR count). The van der Waals surface area contributed by atoms with Crippen molar-refractivity contribution in [3.8, 4) is 11.5 Å². The first-order valence-electron chi connectivity index (χ1n) is 37.4. The molecule has 7 aromatic carbocycles. The molecule has 0 spiro atoms. The van der Waals surface area contributed by atoms with Crippen LogP contribution in [0.1, 0.15) is 194 Å². The number of carbonyl (C=O) groups is 1. The number of unbranched alkanes of at least 4 members (excludes halogenated alkanes) is 18. The van der Waals surface area contributed by atoms with E-state index < -0.39 is 48.8 Å². The average molecular weight is 1350 g/mol. The highest BCUT2D eigenvalue weighted by Gasteiger charge is 2.50. The van der Waals surface area contributed by atoms with Gasteiger partial charge in [-0.1, -0.05) is 298 Å². The maximum absolute atomic E-state index is 15.1. The monoisotopic (exact) mass is 1350 g/mol. The van der Waals surface area contributed by atoms with E-state index >= 15 is 4.79 Å². The Labute approximate surface area is 594 Å². The predicted molar refractivity (Wildman–Crippen MR) is 395 cm³/mol. The van der Waals surface area contributed by atoms with Crippen molar-refractivity contribution in [2.75, 3.05) is 34.0 Å². The molecule has 1 fully saturated rings. The molecule has 1 aliphatic rings. The van der Waals surface area contributed by atoms with E-state index in [0.717, 1.165) is 116 Å². The Bertz CT molecular complexity index is 3100. The van der Waals surface area contributed by atoms with Crippen LogP contribution in [0.15, 0.2) is 200 Å². The Morgan fingerprint density at radius 1 is 0.384 bits per heavy atom. The lowest BCUT2D eigenvalue weighted by Crippen LogP contribution is -2.62. The summed E-state index contributed by atoms with van der Waals surface area (Å²) >= 11 is 0. The van der Waals surface area contributed by atoms with Gasteiger partial charge in [0.1, 0.15) is 41.7 Å². The second-order valence-electron chi connectivity index (χ2n) is 26.8. The molecule has 536 valence electrons. The normalized spacial score (nSPS) is 17.1. The largest absolute Gasteiger partial charge is 0.497 e. The van der Waals surface area contributed by atoms with Crippen LogP contribution in [-0.2, 0) is 93.7 Å². The maximum Gasteiger partial charge on any atom is 0.186 e. The molecule has 1 aliphatic heterocycles. The fourth-order valence-electron chi connectivity index (χ4n) is 13.0. The molecule has 12 heteroatoms. The molecular formula is C87H116O12. The Morgan fingerprint density at radius 3 is 1.25 bits per heavy atom. The van der Waals surface area contributed by atoms with E-state index in [1.165, 1.54) is 76.2 Å². The summed E-state index contributed by atoms with van der Waals surface area (Å²) in [5.41, 5.74) is 7.24. The molecule has 0 aromatic heterocycles. The van der Waals surface area contributed by atoms with Gasteiger partial charge in [-0.15, -0.1) is 0 Å². The lowest BCUT2D eigenvalue weighted by molar-refractivity contribution is -0.331. The van der Waals surface area contributed by atoms with E-state index in [0.29, 0.717) is 32.8 Å². The number of hydrogen-bond donors (Lipinski definition) is 0. The molecule has 0 N–H and O–H groups in total. The van der Waals surface area contributed by atoms with Crippen LogP contribution < -0.4 is 9.47 Å². The Kier molecular flexibility index (Phi) is 38.1. The van der Waals surface area contributed by atoms with Crippen LogP contribution >= 0.6 is 0 Å². The Morgan fingerprint density at radius 2 is 0.778 bits per heavy atom. The Hall–Kier alpha value is -6.55. The van der Waals surface area contributed by atoms with Gasteiger partial charge in [-0.2, -0.15) is 0 Å². The number of benzene rings is 7. The zero-order chi connectivity index (χ0) is 68.8. The summed E-state index contributed by atoms with van der Waals surface area (Å²) in [7, 11) is 3.37. The Balaban J connectivity index is 1.08.